The van der Waals surface area contributed by atoms with Crippen molar-refractivity contribution in [2.45, 2.75) is 77.5 Å². The molecule has 1 N–H and O–H groups in total. The molecule has 1 saturated carbocycles. The molecule has 0 spiro atoms. The topological polar surface area (TPSA) is 52.0 Å². The third kappa shape index (κ3) is 3.83. The van der Waals surface area contributed by atoms with Gasteiger partial charge in [-0.25, -0.2) is 4.98 Å². The molecule has 1 aromatic rings. The molecule has 1 aliphatic rings. The predicted molar refractivity (Wildman–Crippen MR) is 84.3 cm³/mol. The van der Waals surface area contributed by atoms with Crippen LogP contribution in [-0.4, -0.2) is 39.6 Å². The van der Waals surface area contributed by atoms with Crippen LogP contribution in [0.5, 0.6) is 0 Å². The van der Waals surface area contributed by atoms with Gasteiger partial charge in [-0.05, 0) is 39.7 Å². The fourth-order valence-electron chi connectivity index (χ4n) is 3.51. The van der Waals surface area contributed by atoms with Gasteiger partial charge in [0.05, 0.1) is 5.60 Å². The second-order valence-corrected chi connectivity index (χ2v) is 5.91. The smallest absolute Gasteiger partial charge is 0.138 e. The van der Waals surface area contributed by atoms with Gasteiger partial charge in [-0.3, -0.25) is 4.68 Å². The standard InChI is InChI=1S/C16H30N4O/c1-4-11-17-14(12-15-18-13-19-20(15)5-2)16(21-6-3)9-7-8-10-16/h13-14,17H,4-12H2,1-3H3. The normalized spacial score (nSPS) is 19.0. The Bertz CT molecular complexity index is 412. The molecular formula is C16H30N4O. The van der Waals surface area contributed by atoms with Gasteiger partial charge in [0.15, 0.2) is 0 Å². The lowest BCUT2D eigenvalue weighted by molar-refractivity contribution is -0.0617. The van der Waals surface area contributed by atoms with Crippen molar-refractivity contribution in [1.82, 2.24) is 20.1 Å². The summed E-state index contributed by atoms with van der Waals surface area (Å²) in [6, 6.07) is 0.328. The van der Waals surface area contributed by atoms with E-state index in [1.807, 2.05) is 4.68 Å². The predicted octanol–water partition coefficient (Wildman–Crippen LogP) is 2.56. The molecule has 120 valence electrons. The van der Waals surface area contributed by atoms with E-state index in [1.165, 1.54) is 12.8 Å². The molecule has 0 saturated heterocycles. The monoisotopic (exact) mass is 294 g/mol. The van der Waals surface area contributed by atoms with E-state index < -0.39 is 0 Å². The van der Waals surface area contributed by atoms with E-state index in [1.54, 1.807) is 6.33 Å². The summed E-state index contributed by atoms with van der Waals surface area (Å²) in [4.78, 5) is 4.45. The molecule has 0 bridgehead atoms. The van der Waals surface area contributed by atoms with Crippen molar-refractivity contribution in [3.63, 3.8) is 0 Å². The van der Waals surface area contributed by atoms with Crippen LogP contribution < -0.4 is 5.32 Å². The molecule has 1 aliphatic carbocycles. The van der Waals surface area contributed by atoms with Gasteiger partial charge in [-0.2, -0.15) is 5.10 Å². The molecule has 0 aromatic carbocycles. The average molecular weight is 294 g/mol. The molecule has 1 fully saturated rings. The third-order valence-electron chi connectivity index (χ3n) is 4.54. The van der Waals surface area contributed by atoms with Crippen molar-refractivity contribution in [1.29, 1.82) is 0 Å². The van der Waals surface area contributed by atoms with E-state index >= 15 is 0 Å². The molecule has 5 nitrogen and oxygen atoms in total. The number of ether oxygens (including phenoxy) is 1. The van der Waals surface area contributed by atoms with Crippen LogP contribution in [0.1, 0.15) is 58.7 Å². The van der Waals surface area contributed by atoms with Crippen molar-refractivity contribution < 1.29 is 4.74 Å². The number of nitrogens with one attached hydrogen (secondary N) is 1. The van der Waals surface area contributed by atoms with Gasteiger partial charge in [-0.1, -0.05) is 19.8 Å². The highest BCUT2D eigenvalue weighted by Gasteiger charge is 2.42. The highest BCUT2D eigenvalue weighted by molar-refractivity contribution is 5.02. The Labute approximate surface area is 128 Å². The molecule has 0 aliphatic heterocycles. The maximum Gasteiger partial charge on any atom is 0.138 e. The largest absolute Gasteiger partial charge is 0.374 e. The highest BCUT2D eigenvalue weighted by atomic mass is 16.5. The molecule has 0 amide bonds. The lowest BCUT2D eigenvalue weighted by atomic mass is 9.89. The van der Waals surface area contributed by atoms with Gasteiger partial charge >= 0.3 is 0 Å². The van der Waals surface area contributed by atoms with Crippen molar-refractivity contribution in [2.24, 2.45) is 0 Å². The maximum absolute atomic E-state index is 6.25. The van der Waals surface area contributed by atoms with E-state index in [-0.39, 0.29) is 5.60 Å². The highest BCUT2D eigenvalue weighted by Crippen LogP contribution is 2.37. The maximum atomic E-state index is 6.25. The van der Waals surface area contributed by atoms with Crippen LogP contribution in [0, 0.1) is 0 Å². The first-order chi connectivity index (χ1) is 10.3. The van der Waals surface area contributed by atoms with Gasteiger partial charge in [0.25, 0.3) is 0 Å². The Morgan fingerprint density at radius 1 is 1.33 bits per heavy atom. The Kier molecular flexibility index (Phi) is 6.18. The second kappa shape index (κ2) is 7.90. The van der Waals surface area contributed by atoms with Crippen LogP contribution in [-0.2, 0) is 17.7 Å². The van der Waals surface area contributed by atoms with Crippen molar-refractivity contribution >= 4 is 0 Å². The zero-order chi connectivity index (χ0) is 15.1. The molecule has 0 radical (unpaired) electrons. The van der Waals surface area contributed by atoms with Crippen LogP contribution in [0.15, 0.2) is 6.33 Å². The fourth-order valence-corrected chi connectivity index (χ4v) is 3.51. The van der Waals surface area contributed by atoms with Gasteiger partial charge in [0.1, 0.15) is 12.2 Å². The van der Waals surface area contributed by atoms with E-state index in [0.29, 0.717) is 6.04 Å². The van der Waals surface area contributed by atoms with Gasteiger partial charge in [-0.15, -0.1) is 0 Å². The summed E-state index contributed by atoms with van der Waals surface area (Å²) in [5.74, 6) is 1.07. The molecular weight excluding hydrogens is 264 g/mol. The van der Waals surface area contributed by atoms with Crippen LogP contribution >= 0.6 is 0 Å². The summed E-state index contributed by atoms with van der Waals surface area (Å²) >= 11 is 0. The van der Waals surface area contributed by atoms with Gasteiger partial charge in [0, 0.05) is 25.6 Å². The second-order valence-electron chi connectivity index (χ2n) is 5.91. The van der Waals surface area contributed by atoms with Crippen molar-refractivity contribution in [3.05, 3.63) is 12.2 Å². The lowest BCUT2D eigenvalue weighted by Gasteiger charge is -2.38. The summed E-state index contributed by atoms with van der Waals surface area (Å²) in [5.41, 5.74) is -0.0194. The summed E-state index contributed by atoms with van der Waals surface area (Å²) in [6.07, 6.45) is 8.55. The number of rotatable bonds is 9. The Morgan fingerprint density at radius 2 is 2.10 bits per heavy atom. The first kappa shape index (κ1) is 16.4. The van der Waals surface area contributed by atoms with E-state index in [4.69, 9.17) is 4.74 Å². The van der Waals surface area contributed by atoms with E-state index in [2.05, 4.69) is 36.2 Å². The Balaban J connectivity index is 2.16. The lowest BCUT2D eigenvalue weighted by Crippen LogP contribution is -2.52. The van der Waals surface area contributed by atoms with Crippen molar-refractivity contribution in [3.8, 4) is 0 Å². The Morgan fingerprint density at radius 3 is 2.71 bits per heavy atom. The summed E-state index contributed by atoms with van der Waals surface area (Å²) in [6.45, 7) is 9.11. The average Bonchev–Trinajstić information content (AvgIpc) is 3.13. The zero-order valence-corrected chi connectivity index (χ0v) is 13.8. The van der Waals surface area contributed by atoms with Crippen LogP contribution in [0.3, 0.4) is 0 Å². The number of hydrogen-bond acceptors (Lipinski definition) is 4. The first-order valence-corrected chi connectivity index (χ1v) is 8.49. The minimum atomic E-state index is -0.0194. The summed E-state index contributed by atoms with van der Waals surface area (Å²) in [5, 5.41) is 8.02. The summed E-state index contributed by atoms with van der Waals surface area (Å²) in [7, 11) is 0. The van der Waals surface area contributed by atoms with E-state index in [9.17, 15) is 0 Å². The summed E-state index contributed by atoms with van der Waals surface area (Å²) < 4.78 is 8.25. The Hall–Kier alpha value is -0.940. The molecule has 21 heavy (non-hydrogen) atoms. The molecule has 1 atom stereocenters. The van der Waals surface area contributed by atoms with Crippen LogP contribution in [0.25, 0.3) is 0 Å². The van der Waals surface area contributed by atoms with Crippen LogP contribution in [0.2, 0.25) is 0 Å². The van der Waals surface area contributed by atoms with Gasteiger partial charge in [0.2, 0.25) is 0 Å². The molecule has 1 aromatic heterocycles. The minimum Gasteiger partial charge on any atom is -0.374 e. The van der Waals surface area contributed by atoms with E-state index in [0.717, 1.165) is 51.2 Å². The SMILES string of the molecule is CCCNC(Cc1ncnn1CC)C1(OCC)CCCC1. The molecule has 2 rings (SSSR count). The quantitative estimate of drug-likeness (QED) is 0.760. The molecule has 1 unspecified atom stereocenters. The number of aryl methyl sites for hydroxylation is 1. The molecule has 5 heteroatoms. The van der Waals surface area contributed by atoms with Gasteiger partial charge < -0.3 is 10.1 Å². The number of nitrogens with zero attached hydrogens (tertiary/aromatic N) is 3. The minimum absolute atomic E-state index is 0.0194. The molecule has 1 heterocycles. The zero-order valence-electron chi connectivity index (χ0n) is 13.8. The number of hydrogen-bond donors (Lipinski definition) is 1. The third-order valence-corrected chi connectivity index (χ3v) is 4.54. The number of aromatic nitrogens is 3. The van der Waals surface area contributed by atoms with Crippen LogP contribution in [0.4, 0.5) is 0 Å². The van der Waals surface area contributed by atoms with Crippen molar-refractivity contribution in [2.75, 3.05) is 13.2 Å². The fraction of sp³-hybridized carbons (Fsp3) is 0.875. The first-order valence-electron chi connectivity index (χ1n) is 8.49.